The van der Waals surface area contributed by atoms with Crippen molar-refractivity contribution in [2.24, 2.45) is 5.84 Å². The molecule has 0 spiro atoms. The molecule has 8 heteroatoms. The standard InChI is InChI=1S/C23H24ClN3O4/c1-29-20-7-3-5-15(23(20)30-2)22-16-13-14(24)8-9-17(16)27-12-4-6-18(27)19(31-22)10-11-21(28)26-25/h3-9,12-13,19,22H,10-11,25H2,1-2H3,(H,26,28)/t19-,22-/m1/s1. The van der Waals surface area contributed by atoms with Gasteiger partial charge in [0.05, 0.1) is 31.7 Å². The average Bonchev–Trinajstić information content (AvgIpc) is 3.23. The topological polar surface area (TPSA) is 87.7 Å². The van der Waals surface area contributed by atoms with Crippen LogP contribution in [0.2, 0.25) is 5.02 Å². The van der Waals surface area contributed by atoms with Crippen LogP contribution in [0.3, 0.4) is 0 Å². The van der Waals surface area contributed by atoms with Crippen molar-refractivity contribution in [3.8, 4) is 17.2 Å². The van der Waals surface area contributed by atoms with Crippen molar-refractivity contribution in [3.05, 3.63) is 76.6 Å². The molecule has 162 valence electrons. The number of hydrogen-bond acceptors (Lipinski definition) is 5. The lowest BCUT2D eigenvalue weighted by molar-refractivity contribution is -0.122. The Morgan fingerprint density at radius 2 is 2.00 bits per heavy atom. The minimum atomic E-state index is -0.496. The number of carbonyl (C=O) groups excluding carboxylic acids is 1. The molecule has 1 aromatic heterocycles. The van der Waals surface area contributed by atoms with Gasteiger partial charge < -0.3 is 18.8 Å². The summed E-state index contributed by atoms with van der Waals surface area (Å²) >= 11 is 6.39. The number of nitrogens with two attached hydrogens (primary N) is 1. The second kappa shape index (κ2) is 9.01. The van der Waals surface area contributed by atoms with Crippen LogP contribution in [-0.2, 0) is 9.53 Å². The number of amides is 1. The Balaban J connectivity index is 1.88. The summed E-state index contributed by atoms with van der Waals surface area (Å²) in [6, 6.07) is 15.4. The van der Waals surface area contributed by atoms with E-state index in [0.29, 0.717) is 22.9 Å². The number of hydrogen-bond donors (Lipinski definition) is 2. The first-order valence-corrected chi connectivity index (χ1v) is 10.3. The first kappa shape index (κ1) is 21.2. The van der Waals surface area contributed by atoms with Gasteiger partial charge >= 0.3 is 0 Å². The molecule has 1 aliphatic rings. The van der Waals surface area contributed by atoms with Crippen molar-refractivity contribution >= 4 is 17.5 Å². The van der Waals surface area contributed by atoms with Gasteiger partial charge in [0.2, 0.25) is 5.91 Å². The number of carbonyl (C=O) groups is 1. The molecular weight excluding hydrogens is 418 g/mol. The fourth-order valence-electron chi connectivity index (χ4n) is 4.05. The number of rotatable bonds is 6. The van der Waals surface area contributed by atoms with Crippen LogP contribution in [0.1, 0.15) is 41.9 Å². The number of ether oxygens (including phenoxy) is 3. The van der Waals surface area contributed by atoms with Gasteiger partial charge in [-0.25, -0.2) is 5.84 Å². The molecule has 0 unspecified atom stereocenters. The maximum absolute atomic E-state index is 11.8. The van der Waals surface area contributed by atoms with Crippen LogP contribution in [0.15, 0.2) is 54.7 Å². The van der Waals surface area contributed by atoms with Crippen molar-refractivity contribution in [1.29, 1.82) is 0 Å². The highest BCUT2D eigenvalue weighted by molar-refractivity contribution is 6.30. The number of para-hydroxylation sites is 1. The predicted octanol–water partition coefficient (Wildman–Crippen LogP) is 4.08. The summed E-state index contributed by atoms with van der Waals surface area (Å²) in [5, 5.41) is 0.601. The van der Waals surface area contributed by atoms with Gasteiger partial charge in [0.25, 0.3) is 0 Å². The fraction of sp³-hybridized carbons (Fsp3) is 0.261. The van der Waals surface area contributed by atoms with E-state index >= 15 is 0 Å². The monoisotopic (exact) mass is 441 g/mol. The van der Waals surface area contributed by atoms with Crippen molar-refractivity contribution < 1.29 is 19.0 Å². The van der Waals surface area contributed by atoms with E-state index in [9.17, 15) is 4.79 Å². The number of fused-ring (bicyclic) bond motifs is 3. The van der Waals surface area contributed by atoms with E-state index in [0.717, 1.165) is 22.5 Å². The fourth-order valence-corrected chi connectivity index (χ4v) is 4.23. The first-order chi connectivity index (χ1) is 15.1. The zero-order chi connectivity index (χ0) is 22.0. The van der Waals surface area contributed by atoms with Crippen LogP contribution in [0.4, 0.5) is 0 Å². The predicted molar refractivity (Wildman–Crippen MR) is 118 cm³/mol. The second-order valence-electron chi connectivity index (χ2n) is 7.20. The quantitative estimate of drug-likeness (QED) is 0.342. The maximum atomic E-state index is 11.8. The third-order valence-electron chi connectivity index (χ3n) is 5.45. The first-order valence-electron chi connectivity index (χ1n) is 9.90. The Labute approximate surface area is 185 Å². The molecule has 0 saturated carbocycles. The van der Waals surface area contributed by atoms with Gasteiger partial charge in [0, 0.05) is 28.8 Å². The summed E-state index contributed by atoms with van der Waals surface area (Å²) < 4.78 is 19.9. The molecule has 2 atom stereocenters. The van der Waals surface area contributed by atoms with Crippen molar-refractivity contribution in [2.75, 3.05) is 14.2 Å². The highest BCUT2D eigenvalue weighted by Gasteiger charge is 2.33. The van der Waals surface area contributed by atoms with E-state index in [4.69, 9.17) is 31.7 Å². The van der Waals surface area contributed by atoms with E-state index in [1.165, 1.54) is 0 Å². The molecule has 0 saturated heterocycles. The number of hydrazine groups is 1. The third kappa shape index (κ3) is 3.99. The summed E-state index contributed by atoms with van der Waals surface area (Å²) in [4.78, 5) is 11.8. The van der Waals surface area contributed by atoms with Crippen LogP contribution >= 0.6 is 11.6 Å². The van der Waals surface area contributed by atoms with Crippen LogP contribution in [0.25, 0.3) is 5.69 Å². The molecule has 0 aliphatic carbocycles. The largest absolute Gasteiger partial charge is 0.493 e. The summed E-state index contributed by atoms with van der Waals surface area (Å²) in [5.74, 6) is 6.22. The summed E-state index contributed by atoms with van der Waals surface area (Å²) in [6.07, 6.45) is 1.80. The number of nitrogens with zero attached hydrogens (tertiary/aromatic N) is 1. The van der Waals surface area contributed by atoms with Gasteiger partial charge in [0.1, 0.15) is 6.10 Å². The normalized spacial score (nSPS) is 17.3. The number of benzene rings is 2. The lowest BCUT2D eigenvalue weighted by Gasteiger charge is -2.25. The van der Waals surface area contributed by atoms with Crippen molar-refractivity contribution in [3.63, 3.8) is 0 Å². The van der Waals surface area contributed by atoms with Crippen LogP contribution in [-0.4, -0.2) is 24.7 Å². The Morgan fingerprint density at radius 3 is 2.74 bits per heavy atom. The molecule has 0 fully saturated rings. The molecular formula is C23H24ClN3O4. The third-order valence-corrected chi connectivity index (χ3v) is 5.69. The Kier molecular flexibility index (Phi) is 6.18. The van der Waals surface area contributed by atoms with E-state index in [1.54, 1.807) is 14.2 Å². The summed E-state index contributed by atoms with van der Waals surface area (Å²) in [7, 11) is 3.20. The minimum absolute atomic E-state index is 0.228. The molecule has 0 radical (unpaired) electrons. The molecule has 2 heterocycles. The molecule has 2 aromatic carbocycles. The summed E-state index contributed by atoms with van der Waals surface area (Å²) in [6.45, 7) is 0. The van der Waals surface area contributed by atoms with Crippen LogP contribution in [0.5, 0.6) is 11.5 Å². The Morgan fingerprint density at radius 1 is 1.16 bits per heavy atom. The number of aromatic nitrogens is 1. The zero-order valence-corrected chi connectivity index (χ0v) is 18.1. The minimum Gasteiger partial charge on any atom is -0.493 e. The maximum Gasteiger partial charge on any atom is 0.233 e. The van der Waals surface area contributed by atoms with E-state index in [2.05, 4.69) is 9.99 Å². The lowest BCUT2D eigenvalue weighted by Crippen LogP contribution is -2.30. The molecule has 3 aromatic rings. The van der Waals surface area contributed by atoms with E-state index < -0.39 is 6.10 Å². The summed E-state index contributed by atoms with van der Waals surface area (Å²) in [5.41, 5.74) is 5.78. The van der Waals surface area contributed by atoms with Gasteiger partial charge in [0.15, 0.2) is 11.5 Å². The average molecular weight is 442 g/mol. The molecule has 31 heavy (non-hydrogen) atoms. The highest BCUT2D eigenvalue weighted by atomic mass is 35.5. The lowest BCUT2D eigenvalue weighted by atomic mass is 9.98. The SMILES string of the molecule is COc1cccc([C@H]2O[C@H](CCC(=O)NN)c3cccn3-c3ccc(Cl)cc32)c1OC. The van der Waals surface area contributed by atoms with E-state index in [1.807, 2.05) is 54.7 Å². The smallest absolute Gasteiger partial charge is 0.233 e. The van der Waals surface area contributed by atoms with Gasteiger partial charge in [-0.1, -0.05) is 23.7 Å². The Bertz CT molecular complexity index is 1100. The molecule has 1 amide bonds. The van der Waals surface area contributed by atoms with Crippen LogP contribution in [0, 0.1) is 0 Å². The van der Waals surface area contributed by atoms with Gasteiger partial charge in [-0.2, -0.15) is 0 Å². The number of nitrogens with one attached hydrogen (secondary N) is 1. The van der Waals surface area contributed by atoms with Gasteiger partial charge in [-0.3, -0.25) is 10.2 Å². The number of methoxy groups -OCH3 is 2. The molecule has 7 nitrogen and oxygen atoms in total. The highest BCUT2D eigenvalue weighted by Crippen LogP contribution is 2.46. The Hall–Kier alpha value is -3.00. The number of halogens is 1. The van der Waals surface area contributed by atoms with Crippen molar-refractivity contribution in [1.82, 2.24) is 9.99 Å². The second-order valence-corrected chi connectivity index (χ2v) is 7.64. The molecule has 3 N–H and O–H groups in total. The van der Waals surface area contributed by atoms with Crippen LogP contribution < -0.4 is 20.7 Å². The molecule has 0 bridgehead atoms. The van der Waals surface area contributed by atoms with Gasteiger partial charge in [-0.15, -0.1) is 0 Å². The zero-order valence-electron chi connectivity index (χ0n) is 17.3. The molecule has 4 rings (SSSR count). The molecule has 1 aliphatic heterocycles. The van der Waals surface area contributed by atoms with E-state index in [-0.39, 0.29) is 18.4 Å². The van der Waals surface area contributed by atoms with Gasteiger partial charge in [-0.05, 0) is 42.8 Å². The van der Waals surface area contributed by atoms with Crippen molar-refractivity contribution in [2.45, 2.75) is 25.0 Å².